The predicted molar refractivity (Wildman–Crippen MR) is 86.2 cm³/mol. The molecule has 3 nitrogen and oxygen atoms in total. The van der Waals surface area contributed by atoms with Crippen molar-refractivity contribution in [2.45, 2.75) is 52.5 Å². The highest BCUT2D eigenvalue weighted by Crippen LogP contribution is 2.27. The van der Waals surface area contributed by atoms with Gasteiger partial charge in [-0.25, -0.2) is 0 Å². The van der Waals surface area contributed by atoms with Gasteiger partial charge in [0.25, 0.3) is 0 Å². The first-order valence-corrected chi connectivity index (χ1v) is 6.59. The maximum atomic E-state index is 4.23. The van der Waals surface area contributed by atoms with Crippen LogP contribution >= 0.6 is 24.0 Å². The Morgan fingerprint density at radius 2 is 2.06 bits per heavy atom. The van der Waals surface area contributed by atoms with Gasteiger partial charge in [-0.15, -0.1) is 24.0 Å². The van der Waals surface area contributed by atoms with Crippen LogP contribution < -0.4 is 10.6 Å². The molecule has 1 aliphatic carbocycles. The van der Waals surface area contributed by atoms with E-state index in [0.717, 1.165) is 24.3 Å². The fourth-order valence-electron chi connectivity index (χ4n) is 2.45. The number of halogens is 1. The molecule has 2 atom stereocenters. The lowest BCUT2D eigenvalue weighted by atomic mass is 9.82. The van der Waals surface area contributed by atoms with Gasteiger partial charge in [-0.3, -0.25) is 4.99 Å². The Hall–Kier alpha value is 0. The number of rotatable bonds is 3. The zero-order chi connectivity index (χ0) is 12.0. The third-order valence-corrected chi connectivity index (χ3v) is 3.25. The van der Waals surface area contributed by atoms with Gasteiger partial charge >= 0.3 is 0 Å². The van der Waals surface area contributed by atoms with E-state index in [1.165, 1.54) is 25.7 Å². The van der Waals surface area contributed by atoms with Crippen LogP contribution in [0.4, 0.5) is 0 Å². The molecule has 17 heavy (non-hydrogen) atoms. The molecule has 0 spiro atoms. The molecular weight excluding hydrogens is 325 g/mol. The van der Waals surface area contributed by atoms with Crippen molar-refractivity contribution in [1.29, 1.82) is 0 Å². The minimum atomic E-state index is 0. The van der Waals surface area contributed by atoms with E-state index in [9.17, 15) is 0 Å². The second-order valence-electron chi connectivity index (χ2n) is 5.39. The Morgan fingerprint density at radius 3 is 2.59 bits per heavy atom. The van der Waals surface area contributed by atoms with Gasteiger partial charge in [0, 0.05) is 19.6 Å². The van der Waals surface area contributed by atoms with Gasteiger partial charge in [0.05, 0.1) is 0 Å². The molecule has 1 rings (SSSR count). The molecule has 2 N–H and O–H groups in total. The van der Waals surface area contributed by atoms with Gasteiger partial charge in [-0.2, -0.15) is 0 Å². The highest BCUT2D eigenvalue weighted by atomic mass is 127. The number of guanidine groups is 1. The largest absolute Gasteiger partial charge is 0.356 e. The SMILES string of the molecule is CN=C(NCC1CCCC(C)C1)NC(C)C.I. The third-order valence-electron chi connectivity index (χ3n) is 3.25. The van der Waals surface area contributed by atoms with Crippen LogP contribution in [0.5, 0.6) is 0 Å². The molecule has 0 aromatic rings. The van der Waals surface area contributed by atoms with Crippen molar-refractivity contribution in [1.82, 2.24) is 10.6 Å². The molecule has 0 saturated heterocycles. The van der Waals surface area contributed by atoms with Gasteiger partial charge in [-0.05, 0) is 38.5 Å². The summed E-state index contributed by atoms with van der Waals surface area (Å²) in [5.41, 5.74) is 0. The Morgan fingerprint density at radius 1 is 1.35 bits per heavy atom. The van der Waals surface area contributed by atoms with Crippen molar-refractivity contribution in [2.75, 3.05) is 13.6 Å². The average molecular weight is 353 g/mol. The molecule has 2 unspecified atom stereocenters. The highest BCUT2D eigenvalue weighted by Gasteiger charge is 2.18. The van der Waals surface area contributed by atoms with Gasteiger partial charge in [0.1, 0.15) is 0 Å². The summed E-state index contributed by atoms with van der Waals surface area (Å²) in [5, 5.41) is 6.75. The molecular formula is C13H28IN3. The number of nitrogens with one attached hydrogen (secondary N) is 2. The maximum Gasteiger partial charge on any atom is 0.191 e. The number of hydrogen-bond acceptors (Lipinski definition) is 1. The lowest BCUT2D eigenvalue weighted by Crippen LogP contribution is -2.43. The normalized spacial score (nSPS) is 25.4. The Labute approximate surface area is 123 Å². The second kappa shape index (κ2) is 9.00. The lowest BCUT2D eigenvalue weighted by Gasteiger charge is -2.27. The van der Waals surface area contributed by atoms with Crippen LogP contribution in [0.15, 0.2) is 4.99 Å². The van der Waals surface area contributed by atoms with Crippen molar-refractivity contribution >= 4 is 29.9 Å². The van der Waals surface area contributed by atoms with Gasteiger partial charge in [0.2, 0.25) is 0 Å². The summed E-state index contributed by atoms with van der Waals surface area (Å²) in [5.74, 6) is 2.67. The molecule has 1 saturated carbocycles. The van der Waals surface area contributed by atoms with E-state index in [1.54, 1.807) is 0 Å². The first-order valence-electron chi connectivity index (χ1n) is 6.59. The quantitative estimate of drug-likeness (QED) is 0.465. The van der Waals surface area contributed by atoms with Crippen LogP contribution in [-0.4, -0.2) is 25.6 Å². The molecule has 1 fully saturated rings. The van der Waals surface area contributed by atoms with E-state index in [4.69, 9.17) is 0 Å². The first kappa shape index (κ1) is 17.0. The van der Waals surface area contributed by atoms with Gasteiger partial charge in [0.15, 0.2) is 5.96 Å². The zero-order valence-electron chi connectivity index (χ0n) is 11.6. The van der Waals surface area contributed by atoms with Crippen molar-refractivity contribution in [3.63, 3.8) is 0 Å². The van der Waals surface area contributed by atoms with Gasteiger partial charge in [-0.1, -0.05) is 19.8 Å². The van der Waals surface area contributed by atoms with E-state index in [-0.39, 0.29) is 24.0 Å². The molecule has 0 bridgehead atoms. The van der Waals surface area contributed by atoms with E-state index >= 15 is 0 Å². The van der Waals surface area contributed by atoms with Crippen LogP contribution in [0.1, 0.15) is 46.5 Å². The van der Waals surface area contributed by atoms with E-state index in [0.29, 0.717) is 6.04 Å². The molecule has 0 radical (unpaired) electrons. The summed E-state index contributed by atoms with van der Waals surface area (Å²) in [6, 6.07) is 0.441. The molecule has 0 aromatic heterocycles. The van der Waals surface area contributed by atoms with Crippen molar-refractivity contribution in [3.05, 3.63) is 0 Å². The molecule has 0 heterocycles. The van der Waals surface area contributed by atoms with Crippen LogP contribution in [0.2, 0.25) is 0 Å². The van der Waals surface area contributed by atoms with Crippen LogP contribution in [-0.2, 0) is 0 Å². The second-order valence-corrected chi connectivity index (χ2v) is 5.39. The zero-order valence-corrected chi connectivity index (χ0v) is 14.0. The van der Waals surface area contributed by atoms with E-state index in [2.05, 4.69) is 36.4 Å². The third kappa shape index (κ3) is 7.11. The molecule has 0 aromatic carbocycles. The number of nitrogens with zero attached hydrogens (tertiary/aromatic N) is 1. The maximum absolute atomic E-state index is 4.23. The Balaban J connectivity index is 0.00000256. The fourth-order valence-corrected chi connectivity index (χ4v) is 2.45. The fraction of sp³-hybridized carbons (Fsp3) is 0.923. The number of aliphatic imine (C=N–C) groups is 1. The summed E-state index contributed by atoms with van der Waals surface area (Å²) in [6.07, 6.45) is 5.54. The topological polar surface area (TPSA) is 36.4 Å². The predicted octanol–water partition coefficient (Wildman–Crippen LogP) is 3.00. The van der Waals surface area contributed by atoms with Crippen molar-refractivity contribution in [3.8, 4) is 0 Å². The van der Waals surface area contributed by atoms with Gasteiger partial charge < -0.3 is 10.6 Å². The van der Waals surface area contributed by atoms with Crippen molar-refractivity contribution in [2.24, 2.45) is 16.8 Å². The number of hydrogen-bond donors (Lipinski definition) is 2. The Bertz CT molecular complexity index is 229. The molecule has 4 heteroatoms. The summed E-state index contributed by atoms with van der Waals surface area (Å²) in [4.78, 5) is 4.23. The summed E-state index contributed by atoms with van der Waals surface area (Å²) >= 11 is 0. The van der Waals surface area contributed by atoms with E-state index in [1.807, 2.05) is 7.05 Å². The first-order chi connectivity index (χ1) is 7.61. The standard InChI is InChI=1S/C13H27N3.HI/c1-10(2)16-13(14-4)15-9-12-7-5-6-11(3)8-12;/h10-12H,5-9H2,1-4H3,(H2,14,15,16);1H. The monoisotopic (exact) mass is 353 g/mol. The van der Waals surface area contributed by atoms with Crippen LogP contribution in [0.25, 0.3) is 0 Å². The van der Waals surface area contributed by atoms with E-state index < -0.39 is 0 Å². The molecule has 1 aliphatic rings. The smallest absolute Gasteiger partial charge is 0.191 e. The molecule has 102 valence electrons. The molecule has 0 amide bonds. The van der Waals surface area contributed by atoms with Crippen LogP contribution in [0, 0.1) is 11.8 Å². The lowest BCUT2D eigenvalue weighted by molar-refractivity contribution is 0.282. The summed E-state index contributed by atoms with van der Waals surface area (Å²) in [7, 11) is 1.83. The Kier molecular flexibility index (Phi) is 9.00. The summed E-state index contributed by atoms with van der Waals surface area (Å²) in [6.45, 7) is 7.70. The van der Waals surface area contributed by atoms with Crippen LogP contribution in [0.3, 0.4) is 0 Å². The molecule has 0 aliphatic heterocycles. The average Bonchev–Trinajstić information content (AvgIpc) is 2.24. The van der Waals surface area contributed by atoms with Crippen molar-refractivity contribution < 1.29 is 0 Å². The minimum Gasteiger partial charge on any atom is -0.356 e. The summed E-state index contributed by atoms with van der Waals surface area (Å²) < 4.78 is 0. The minimum absolute atomic E-state index is 0. The highest BCUT2D eigenvalue weighted by molar-refractivity contribution is 14.0.